The topological polar surface area (TPSA) is 75.3 Å². The predicted molar refractivity (Wildman–Crippen MR) is 67.4 cm³/mol. The highest BCUT2D eigenvalue weighted by Gasteiger charge is 2.19. The van der Waals surface area contributed by atoms with Gasteiger partial charge in [0.1, 0.15) is 17.2 Å². The van der Waals surface area contributed by atoms with Crippen molar-refractivity contribution in [3.05, 3.63) is 53.1 Å². The Hall–Kier alpha value is -2.77. The first kappa shape index (κ1) is 14.6. The first-order valence-electron chi connectivity index (χ1n) is 5.54. The Bertz CT molecular complexity index is 735. The Kier molecular flexibility index (Phi) is 3.70. The van der Waals surface area contributed by atoms with E-state index in [9.17, 15) is 22.4 Å². The molecule has 0 saturated carbocycles. The van der Waals surface area contributed by atoms with Gasteiger partial charge in [-0.2, -0.15) is 0 Å². The summed E-state index contributed by atoms with van der Waals surface area (Å²) in [5, 5.41) is 11.3. The van der Waals surface area contributed by atoms with E-state index in [1.54, 1.807) is 0 Å². The van der Waals surface area contributed by atoms with Gasteiger partial charge in [0.15, 0.2) is 11.6 Å². The second-order valence-electron chi connectivity index (χ2n) is 4.06. The smallest absolute Gasteiger partial charge is 0.340 e. The zero-order chi connectivity index (χ0) is 15.7. The number of nitrogens with one attached hydrogen (secondary N) is 1. The highest BCUT2D eigenvalue weighted by atomic mass is 19.2. The molecule has 0 aliphatic heterocycles. The molecule has 4 N–H and O–H groups in total. The van der Waals surface area contributed by atoms with Crippen molar-refractivity contribution in [2.45, 2.75) is 0 Å². The second-order valence-corrected chi connectivity index (χ2v) is 4.06. The molecule has 0 atom stereocenters. The lowest BCUT2D eigenvalue weighted by molar-refractivity contribution is 0.0698. The maximum absolute atomic E-state index is 13.5. The van der Waals surface area contributed by atoms with Crippen LogP contribution in [0.1, 0.15) is 10.4 Å². The SMILES string of the molecule is Nc1c(F)ccc(Nc2cc(F)c(F)cc2F)c1C(=O)O. The molecule has 0 aliphatic rings. The van der Waals surface area contributed by atoms with Crippen LogP contribution in [-0.2, 0) is 0 Å². The van der Waals surface area contributed by atoms with Gasteiger partial charge in [-0.05, 0) is 12.1 Å². The largest absolute Gasteiger partial charge is 0.478 e. The van der Waals surface area contributed by atoms with E-state index >= 15 is 0 Å². The number of anilines is 3. The molecule has 4 nitrogen and oxygen atoms in total. The van der Waals surface area contributed by atoms with E-state index in [4.69, 9.17) is 10.8 Å². The third-order valence-electron chi connectivity index (χ3n) is 2.69. The summed E-state index contributed by atoms with van der Waals surface area (Å²) in [5.74, 6) is -6.39. The number of hydrogen-bond acceptors (Lipinski definition) is 3. The summed E-state index contributed by atoms with van der Waals surface area (Å²) in [6.45, 7) is 0. The van der Waals surface area contributed by atoms with Gasteiger partial charge < -0.3 is 16.2 Å². The number of aromatic carboxylic acids is 1. The summed E-state index contributed by atoms with van der Waals surface area (Å²) < 4.78 is 52.7. The molecule has 0 heterocycles. The predicted octanol–water partition coefficient (Wildman–Crippen LogP) is 3.27. The van der Waals surface area contributed by atoms with Gasteiger partial charge in [0.25, 0.3) is 0 Å². The Morgan fingerprint density at radius 3 is 2.19 bits per heavy atom. The van der Waals surface area contributed by atoms with Gasteiger partial charge in [-0.25, -0.2) is 22.4 Å². The van der Waals surface area contributed by atoms with Gasteiger partial charge in [-0.1, -0.05) is 0 Å². The summed E-state index contributed by atoms with van der Waals surface area (Å²) in [5.41, 5.74) is 3.24. The van der Waals surface area contributed by atoms with Crippen LogP contribution >= 0.6 is 0 Å². The standard InChI is InChI=1S/C13H8F4N2O2/c14-5-1-2-9(11(12(5)18)13(20)21)19-10-4-7(16)6(15)3-8(10)17/h1-4,19H,18H2,(H,20,21). The molecule has 2 aromatic carbocycles. The minimum Gasteiger partial charge on any atom is -0.478 e. The number of carboxylic acids is 1. The molecule has 110 valence electrons. The molecule has 0 radical (unpaired) electrons. The van der Waals surface area contributed by atoms with E-state index in [-0.39, 0.29) is 5.69 Å². The summed E-state index contributed by atoms with van der Waals surface area (Å²) >= 11 is 0. The molecule has 2 aromatic rings. The van der Waals surface area contributed by atoms with Crippen LogP contribution in [0.15, 0.2) is 24.3 Å². The lowest BCUT2D eigenvalue weighted by Gasteiger charge is -2.13. The Balaban J connectivity index is 2.52. The van der Waals surface area contributed by atoms with Gasteiger partial charge in [0, 0.05) is 12.1 Å². The molecule has 0 fully saturated rings. The van der Waals surface area contributed by atoms with Crippen molar-refractivity contribution >= 4 is 23.0 Å². The Labute approximate surface area is 115 Å². The molecule has 8 heteroatoms. The third-order valence-corrected chi connectivity index (χ3v) is 2.69. The lowest BCUT2D eigenvalue weighted by atomic mass is 10.1. The number of nitrogens with two attached hydrogens (primary N) is 1. The number of halogens is 4. The van der Waals surface area contributed by atoms with Crippen molar-refractivity contribution in [1.29, 1.82) is 0 Å². The molecule has 21 heavy (non-hydrogen) atoms. The van der Waals surface area contributed by atoms with Crippen LogP contribution in [0.2, 0.25) is 0 Å². The molecule has 0 spiro atoms. The van der Waals surface area contributed by atoms with E-state index in [0.717, 1.165) is 12.1 Å². The second kappa shape index (κ2) is 5.31. The number of hydrogen-bond donors (Lipinski definition) is 3. The molecule has 0 saturated heterocycles. The molecule has 2 rings (SSSR count). The summed E-state index contributed by atoms with van der Waals surface area (Å²) in [6.07, 6.45) is 0. The maximum Gasteiger partial charge on any atom is 0.340 e. The van der Waals surface area contributed by atoms with Crippen molar-refractivity contribution in [3.8, 4) is 0 Å². The quantitative estimate of drug-likeness (QED) is 0.462. The van der Waals surface area contributed by atoms with E-state index in [0.29, 0.717) is 12.1 Å². The van der Waals surface area contributed by atoms with Crippen LogP contribution in [0, 0.1) is 23.3 Å². The van der Waals surface area contributed by atoms with E-state index in [1.807, 2.05) is 0 Å². The van der Waals surface area contributed by atoms with E-state index in [2.05, 4.69) is 5.32 Å². The zero-order valence-corrected chi connectivity index (χ0v) is 10.3. The Morgan fingerprint density at radius 2 is 1.57 bits per heavy atom. The van der Waals surface area contributed by atoms with E-state index < -0.39 is 46.2 Å². The molecule has 0 aromatic heterocycles. The van der Waals surface area contributed by atoms with Crippen LogP contribution in [0.25, 0.3) is 0 Å². The minimum absolute atomic E-state index is 0.258. The number of carboxylic acid groups (broad SMARTS) is 1. The number of nitrogen functional groups attached to an aromatic ring is 1. The molecular weight excluding hydrogens is 292 g/mol. The zero-order valence-electron chi connectivity index (χ0n) is 10.3. The molecule has 0 amide bonds. The normalized spacial score (nSPS) is 10.5. The summed E-state index contributed by atoms with van der Waals surface area (Å²) in [7, 11) is 0. The van der Waals surface area contributed by atoms with Gasteiger partial charge in [-0.3, -0.25) is 0 Å². The lowest BCUT2D eigenvalue weighted by Crippen LogP contribution is -2.09. The van der Waals surface area contributed by atoms with Gasteiger partial charge in [-0.15, -0.1) is 0 Å². The third kappa shape index (κ3) is 2.73. The first-order chi connectivity index (χ1) is 9.81. The molecular formula is C13H8F4N2O2. The monoisotopic (exact) mass is 300 g/mol. The average Bonchev–Trinajstić information content (AvgIpc) is 2.40. The average molecular weight is 300 g/mol. The molecule has 0 aliphatic carbocycles. The van der Waals surface area contributed by atoms with Crippen molar-refractivity contribution in [3.63, 3.8) is 0 Å². The van der Waals surface area contributed by atoms with Crippen molar-refractivity contribution < 1.29 is 27.5 Å². The minimum atomic E-state index is -1.56. The molecule has 0 unspecified atom stereocenters. The number of rotatable bonds is 3. The number of benzene rings is 2. The van der Waals surface area contributed by atoms with Crippen molar-refractivity contribution in [2.75, 3.05) is 11.1 Å². The maximum atomic E-state index is 13.5. The van der Waals surface area contributed by atoms with Gasteiger partial charge >= 0.3 is 5.97 Å². The Morgan fingerprint density at radius 1 is 0.952 bits per heavy atom. The first-order valence-corrected chi connectivity index (χ1v) is 5.54. The fraction of sp³-hybridized carbons (Fsp3) is 0. The van der Waals surface area contributed by atoms with Crippen molar-refractivity contribution in [2.24, 2.45) is 0 Å². The van der Waals surface area contributed by atoms with Crippen LogP contribution in [-0.4, -0.2) is 11.1 Å². The fourth-order valence-electron chi connectivity index (χ4n) is 1.69. The molecule has 0 bridgehead atoms. The van der Waals surface area contributed by atoms with Crippen LogP contribution in [0.3, 0.4) is 0 Å². The summed E-state index contributed by atoms with van der Waals surface area (Å²) in [4.78, 5) is 11.1. The van der Waals surface area contributed by atoms with Gasteiger partial charge in [0.05, 0.1) is 17.1 Å². The van der Waals surface area contributed by atoms with Crippen LogP contribution in [0.4, 0.5) is 34.6 Å². The van der Waals surface area contributed by atoms with Gasteiger partial charge in [0.2, 0.25) is 0 Å². The highest BCUT2D eigenvalue weighted by Crippen LogP contribution is 2.29. The highest BCUT2D eigenvalue weighted by molar-refractivity contribution is 6.00. The summed E-state index contributed by atoms with van der Waals surface area (Å²) in [6, 6.07) is 2.67. The fourth-order valence-corrected chi connectivity index (χ4v) is 1.69. The van der Waals surface area contributed by atoms with Crippen LogP contribution < -0.4 is 11.1 Å². The number of carbonyl (C=O) groups is 1. The van der Waals surface area contributed by atoms with E-state index in [1.165, 1.54) is 0 Å². The van der Waals surface area contributed by atoms with Crippen LogP contribution in [0.5, 0.6) is 0 Å². The van der Waals surface area contributed by atoms with Crippen molar-refractivity contribution in [1.82, 2.24) is 0 Å².